The highest BCUT2D eigenvalue weighted by Gasteiger charge is 2.15. The van der Waals surface area contributed by atoms with Gasteiger partial charge < -0.3 is 5.11 Å². The Kier molecular flexibility index (Phi) is 25.9. The lowest BCUT2D eigenvalue weighted by Gasteiger charge is -2.21. The third-order valence-electron chi connectivity index (χ3n) is 5.73. The third-order valence-corrected chi connectivity index (χ3v) is 5.73. The second kappa shape index (κ2) is 24.6. The lowest BCUT2D eigenvalue weighted by atomic mass is 9.89. The number of rotatable bonds is 1. The molecular formula is C27H52F2O. The second-order valence-electron chi connectivity index (χ2n) is 8.77. The predicted molar refractivity (Wildman–Crippen MR) is 129 cm³/mol. The molecule has 30 heavy (non-hydrogen) atoms. The molecule has 1 N–H and O–H groups in total. The van der Waals surface area contributed by atoms with Crippen LogP contribution in [0.5, 0.6) is 0 Å². The molecule has 3 aliphatic carbocycles. The molecule has 0 bridgehead atoms. The molecule has 3 heteroatoms. The van der Waals surface area contributed by atoms with Crippen LogP contribution in [0.4, 0.5) is 8.78 Å². The minimum atomic E-state index is -0.464. The molecule has 2 unspecified atom stereocenters. The Morgan fingerprint density at radius 2 is 1.27 bits per heavy atom. The van der Waals surface area contributed by atoms with E-state index in [-0.39, 0.29) is 12.8 Å². The van der Waals surface area contributed by atoms with Crippen molar-refractivity contribution in [3.8, 4) is 11.8 Å². The molecule has 0 heterocycles. The fourth-order valence-corrected chi connectivity index (χ4v) is 3.93. The van der Waals surface area contributed by atoms with Crippen LogP contribution >= 0.6 is 0 Å². The quantitative estimate of drug-likeness (QED) is 0.412. The van der Waals surface area contributed by atoms with Gasteiger partial charge in [0.05, 0.1) is 6.10 Å². The second-order valence-corrected chi connectivity index (χ2v) is 8.77. The molecule has 3 aliphatic rings. The van der Waals surface area contributed by atoms with Crippen LogP contribution in [0, 0.1) is 23.7 Å². The van der Waals surface area contributed by atoms with E-state index in [4.69, 9.17) is 5.11 Å². The van der Waals surface area contributed by atoms with Crippen LogP contribution < -0.4 is 0 Å². The first kappa shape index (κ1) is 31.6. The van der Waals surface area contributed by atoms with Gasteiger partial charge in [-0.05, 0) is 44.4 Å². The number of aliphatic hydroxyl groups is 1. The summed E-state index contributed by atoms with van der Waals surface area (Å²) in [6.45, 7) is 9.96. The van der Waals surface area contributed by atoms with Gasteiger partial charge in [-0.25, -0.2) is 4.39 Å². The van der Waals surface area contributed by atoms with Gasteiger partial charge in [-0.1, -0.05) is 91.9 Å². The molecule has 0 spiro atoms. The standard InChI is InChI=1S/C7H14O.C7H14.C6H11F.C5H7F.C2H6/c1-6-3-2-4-7(8)5-6;1-7-5-3-2-4-6-7;7-6-4-2-1-3-5-6;1-2-3-4-5-6;1-2/h6-8H,2-5H2,1H3;7H,2-6H2,1H3;6H,1-5H2;4-5H2,1H3;1-2H3. The number of halogens is 2. The van der Waals surface area contributed by atoms with Crippen molar-refractivity contribution in [1.29, 1.82) is 0 Å². The highest BCUT2D eigenvalue weighted by atomic mass is 19.1. The van der Waals surface area contributed by atoms with E-state index in [9.17, 15) is 8.78 Å². The van der Waals surface area contributed by atoms with Crippen LogP contribution in [0.1, 0.15) is 131 Å². The molecule has 0 aromatic heterocycles. The summed E-state index contributed by atoms with van der Waals surface area (Å²) in [4.78, 5) is 0. The highest BCUT2D eigenvalue weighted by Crippen LogP contribution is 2.23. The van der Waals surface area contributed by atoms with Crippen LogP contribution in [0.3, 0.4) is 0 Å². The Balaban J connectivity index is 0. The summed E-state index contributed by atoms with van der Waals surface area (Å²) in [6.07, 6.45) is 17.1. The average Bonchev–Trinajstić information content (AvgIpc) is 2.76. The van der Waals surface area contributed by atoms with E-state index < -0.39 is 6.17 Å². The number of aliphatic hydroxyl groups excluding tert-OH is 1. The first-order valence-electron chi connectivity index (χ1n) is 12.8. The Morgan fingerprint density at radius 3 is 1.50 bits per heavy atom. The molecule has 1 nitrogen and oxygen atoms in total. The summed E-state index contributed by atoms with van der Waals surface area (Å²) >= 11 is 0. The van der Waals surface area contributed by atoms with Crippen molar-refractivity contribution in [2.24, 2.45) is 11.8 Å². The predicted octanol–water partition coefficient (Wildman–Crippen LogP) is 8.83. The van der Waals surface area contributed by atoms with Crippen molar-refractivity contribution < 1.29 is 13.9 Å². The monoisotopic (exact) mass is 430 g/mol. The smallest absolute Gasteiger partial charge is 0.100 e. The van der Waals surface area contributed by atoms with Crippen molar-refractivity contribution in [3.05, 3.63) is 0 Å². The van der Waals surface area contributed by atoms with Crippen molar-refractivity contribution in [2.75, 3.05) is 6.67 Å². The molecule has 0 aromatic rings. The van der Waals surface area contributed by atoms with E-state index >= 15 is 0 Å². The van der Waals surface area contributed by atoms with Crippen LogP contribution in [0.25, 0.3) is 0 Å². The van der Waals surface area contributed by atoms with Crippen molar-refractivity contribution in [3.63, 3.8) is 0 Å². The van der Waals surface area contributed by atoms with E-state index in [0.717, 1.165) is 50.4 Å². The van der Waals surface area contributed by atoms with Gasteiger partial charge >= 0.3 is 0 Å². The zero-order valence-corrected chi connectivity index (χ0v) is 20.8. The van der Waals surface area contributed by atoms with Crippen molar-refractivity contribution >= 4 is 0 Å². The van der Waals surface area contributed by atoms with E-state index in [1.807, 2.05) is 13.8 Å². The van der Waals surface area contributed by atoms with Gasteiger partial charge in [0.1, 0.15) is 12.8 Å². The third kappa shape index (κ3) is 23.7. The zero-order valence-electron chi connectivity index (χ0n) is 20.8. The first-order valence-corrected chi connectivity index (χ1v) is 12.8. The van der Waals surface area contributed by atoms with Crippen LogP contribution in [0.2, 0.25) is 0 Å². The van der Waals surface area contributed by atoms with Gasteiger partial charge in [-0.15, -0.1) is 11.8 Å². The number of hydrogen-bond acceptors (Lipinski definition) is 1. The van der Waals surface area contributed by atoms with Gasteiger partial charge in [0.2, 0.25) is 0 Å². The molecular weight excluding hydrogens is 378 g/mol. The molecule has 0 radical (unpaired) electrons. The van der Waals surface area contributed by atoms with E-state index in [1.54, 1.807) is 6.92 Å². The molecule has 0 aliphatic heterocycles. The fraction of sp³-hybridized carbons (Fsp3) is 0.926. The lowest BCUT2D eigenvalue weighted by Crippen LogP contribution is -2.16. The van der Waals surface area contributed by atoms with Crippen molar-refractivity contribution in [2.45, 2.75) is 143 Å². The molecule has 180 valence electrons. The Morgan fingerprint density at radius 1 is 0.767 bits per heavy atom. The Bertz CT molecular complexity index is 352. The van der Waals surface area contributed by atoms with Crippen molar-refractivity contribution in [1.82, 2.24) is 0 Å². The fourth-order valence-electron chi connectivity index (χ4n) is 3.93. The number of alkyl halides is 2. The minimum Gasteiger partial charge on any atom is -0.393 e. The summed E-state index contributed by atoms with van der Waals surface area (Å²) in [5, 5.41) is 9.08. The van der Waals surface area contributed by atoms with Crippen LogP contribution in [0.15, 0.2) is 0 Å². The Hall–Kier alpha value is -0.620. The molecule has 0 saturated heterocycles. The van der Waals surface area contributed by atoms with Gasteiger partial charge in [0.25, 0.3) is 0 Å². The Labute approximate surface area is 187 Å². The maximum atomic E-state index is 12.2. The largest absolute Gasteiger partial charge is 0.393 e. The summed E-state index contributed by atoms with van der Waals surface area (Å²) in [7, 11) is 0. The molecule has 3 rings (SSSR count). The average molecular weight is 431 g/mol. The summed E-state index contributed by atoms with van der Waals surface area (Å²) in [5.74, 6) is 6.95. The van der Waals surface area contributed by atoms with Crippen LogP contribution in [-0.4, -0.2) is 24.1 Å². The molecule has 3 fully saturated rings. The molecule has 0 aromatic carbocycles. The van der Waals surface area contributed by atoms with E-state index in [0.29, 0.717) is 6.42 Å². The van der Waals surface area contributed by atoms with Gasteiger partial charge in [0, 0.05) is 6.42 Å². The van der Waals surface area contributed by atoms with E-state index in [2.05, 4.69) is 25.7 Å². The first-order chi connectivity index (χ1) is 14.5. The summed E-state index contributed by atoms with van der Waals surface area (Å²) < 4.78 is 23.3. The highest BCUT2D eigenvalue weighted by molar-refractivity contribution is 4.94. The maximum Gasteiger partial charge on any atom is 0.100 e. The molecule has 2 atom stereocenters. The zero-order chi connectivity index (χ0) is 23.0. The molecule has 3 saturated carbocycles. The van der Waals surface area contributed by atoms with Gasteiger partial charge in [0.15, 0.2) is 0 Å². The summed E-state index contributed by atoms with van der Waals surface area (Å²) in [5.41, 5.74) is 0. The van der Waals surface area contributed by atoms with Gasteiger partial charge in [-0.3, -0.25) is 4.39 Å². The van der Waals surface area contributed by atoms with Gasteiger partial charge in [-0.2, -0.15) is 0 Å². The lowest BCUT2D eigenvalue weighted by molar-refractivity contribution is 0.106. The molecule has 0 amide bonds. The normalized spacial score (nSPS) is 23.9. The SMILES string of the molecule is CC.CC#CCCF.CC1CCCC(O)C1.CC1CCCCC1.FC1CCCCC1. The topological polar surface area (TPSA) is 20.2 Å². The van der Waals surface area contributed by atoms with Crippen LogP contribution in [-0.2, 0) is 0 Å². The van der Waals surface area contributed by atoms with E-state index in [1.165, 1.54) is 51.4 Å². The number of hydrogen-bond donors (Lipinski definition) is 1. The minimum absolute atomic E-state index is 0.0127. The maximum absolute atomic E-state index is 12.2. The summed E-state index contributed by atoms with van der Waals surface area (Å²) in [6, 6.07) is 0.